The number of rotatable bonds is 19. The Balaban J connectivity index is 0.000000281. The second kappa shape index (κ2) is 26.8. The second-order valence-electron chi connectivity index (χ2n) is 12.4. The Kier molecular flexibility index (Phi) is 22.2. The Labute approximate surface area is 290 Å². The van der Waals surface area contributed by atoms with Gasteiger partial charge >= 0.3 is 0 Å². The van der Waals surface area contributed by atoms with Gasteiger partial charge in [-0.05, 0) is 59.6 Å². The predicted molar refractivity (Wildman–Crippen MR) is 204 cm³/mol. The first-order chi connectivity index (χ1) is 23.6. The number of Topliss-reactive ketones (excluding diaryl/α,β-unsaturated/α-hetero) is 1. The van der Waals surface area contributed by atoms with E-state index in [1.54, 1.807) is 0 Å². The van der Waals surface area contributed by atoms with Gasteiger partial charge in [-0.2, -0.15) is 0 Å². The summed E-state index contributed by atoms with van der Waals surface area (Å²) in [4.78, 5) is 25.4. The highest BCUT2D eigenvalue weighted by Gasteiger charge is 2.08. The summed E-state index contributed by atoms with van der Waals surface area (Å²) in [6.45, 7) is 5.08. The van der Waals surface area contributed by atoms with Crippen molar-refractivity contribution in [3.8, 4) is 0 Å². The summed E-state index contributed by atoms with van der Waals surface area (Å²) < 4.78 is 0. The predicted octanol–water partition coefficient (Wildman–Crippen LogP) is 11.3. The number of aliphatic imine (C=N–C) groups is 1. The lowest BCUT2D eigenvalue weighted by Gasteiger charge is -2.09. The first-order valence-electron chi connectivity index (χ1n) is 18.1. The van der Waals surface area contributed by atoms with Crippen LogP contribution in [0.5, 0.6) is 0 Å². The summed E-state index contributed by atoms with van der Waals surface area (Å²) >= 11 is 0. The number of ketones is 1. The quantitative estimate of drug-likeness (QED) is 0.0477. The third kappa shape index (κ3) is 18.8. The van der Waals surface area contributed by atoms with E-state index in [-0.39, 0.29) is 0 Å². The summed E-state index contributed by atoms with van der Waals surface area (Å²) in [7, 11) is 0. The van der Waals surface area contributed by atoms with Gasteiger partial charge < -0.3 is 5.73 Å². The Morgan fingerprint density at radius 2 is 1.02 bits per heavy atom. The molecule has 0 unspecified atom stereocenters. The SMILES string of the molecule is CCCCCCCCC(=O)Cc1ccccc1Cc1ccccc1.CCCCCCCN=C=O.Nc1ccccc1Cc1ccccc1. The molecule has 256 valence electrons. The van der Waals surface area contributed by atoms with Gasteiger partial charge in [-0.15, -0.1) is 0 Å². The molecule has 4 rings (SSSR count). The molecule has 0 heterocycles. The van der Waals surface area contributed by atoms with Crippen LogP contribution in [0.1, 0.15) is 119 Å². The average Bonchev–Trinajstić information content (AvgIpc) is 3.11. The highest BCUT2D eigenvalue weighted by Crippen LogP contribution is 2.17. The van der Waals surface area contributed by atoms with Gasteiger partial charge in [-0.3, -0.25) is 4.79 Å². The van der Waals surface area contributed by atoms with Crippen LogP contribution in [0.3, 0.4) is 0 Å². The molecule has 0 spiro atoms. The van der Waals surface area contributed by atoms with Crippen LogP contribution in [0, 0.1) is 0 Å². The molecule has 4 heteroatoms. The maximum Gasteiger partial charge on any atom is 0.234 e. The molecule has 0 aliphatic heterocycles. The number of carbonyl (C=O) groups excluding carboxylic acids is 2. The summed E-state index contributed by atoms with van der Waals surface area (Å²) in [6.07, 6.45) is 18.1. The Bertz CT molecular complexity index is 1430. The van der Waals surface area contributed by atoms with Crippen LogP contribution in [-0.2, 0) is 28.9 Å². The van der Waals surface area contributed by atoms with E-state index in [4.69, 9.17) is 5.73 Å². The van der Waals surface area contributed by atoms with Crippen LogP contribution in [0.15, 0.2) is 114 Å². The van der Waals surface area contributed by atoms with Crippen molar-refractivity contribution in [2.45, 2.75) is 110 Å². The number of isocyanates is 1. The molecule has 0 amide bonds. The molecule has 0 radical (unpaired) electrons. The van der Waals surface area contributed by atoms with Crippen molar-refractivity contribution in [2.24, 2.45) is 4.99 Å². The zero-order valence-corrected chi connectivity index (χ0v) is 29.5. The minimum Gasteiger partial charge on any atom is -0.398 e. The van der Waals surface area contributed by atoms with Gasteiger partial charge in [0, 0.05) is 18.5 Å². The fourth-order valence-corrected chi connectivity index (χ4v) is 5.47. The fourth-order valence-electron chi connectivity index (χ4n) is 5.47. The maximum atomic E-state index is 12.3. The first-order valence-corrected chi connectivity index (χ1v) is 18.1. The van der Waals surface area contributed by atoms with Crippen molar-refractivity contribution in [3.63, 3.8) is 0 Å². The van der Waals surface area contributed by atoms with Crippen molar-refractivity contribution in [1.29, 1.82) is 0 Å². The summed E-state index contributed by atoms with van der Waals surface area (Å²) in [5.74, 6) is 0.381. The molecule has 0 aliphatic rings. The van der Waals surface area contributed by atoms with E-state index in [0.717, 1.165) is 37.8 Å². The molecule has 0 bridgehead atoms. The zero-order chi connectivity index (χ0) is 34.5. The van der Waals surface area contributed by atoms with E-state index in [2.05, 4.69) is 91.6 Å². The zero-order valence-electron chi connectivity index (χ0n) is 29.5. The molecule has 0 saturated heterocycles. The van der Waals surface area contributed by atoms with E-state index >= 15 is 0 Å². The van der Waals surface area contributed by atoms with Crippen LogP contribution in [0.2, 0.25) is 0 Å². The van der Waals surface area contributed by atoms with E-state index in [9.17, 15) is 9.59 Å². The molecule has 0 aliphatic carbocycles. The van der Waals surface area contributed by atoms with Gasteiger partial charge in [0.15, 0.2) is 0 Å². The van der Waals surface area contributed by atoms with Crippen LogP contribution in [0.25, 0.3) is 0 Å². The third-order valence-corrected chi connectivity index (χ3v) is 8.28. The molecule has 0 atom stereocenters. The van der Waals surface area contributed by atoms with Gasteiger partial charge in [0.2, 0.25) is 6.08 Å². The monoisotopic (exact) mass is 646 g/mol. The highest BCUT2D eigenvalue weighted by atomic mass is 16.1. The normalized spacial score (nSPS) is 10.1. The van der Waals surface area contributed by atoms with Crippen LogP contribution in [0.4, 0.5) is 5.69 Å². The number of unbranched alkanes of at least 4 members (excludes halogenated alkanes) is 9. The van der Waals surface area contributed by atoms with E-state index in [1.807, 2.05) is 36.4 Å². The standard InChI is InChI=1S/C23H30O.C13H13N.C8H15NO/c1-2-3-4-5-6-10-17-23(24)19-22-16-12-11-15-21(22)18-20-13-8-7-9-14-20;14-13-9-5-4-8-12(13)10-11-6-2-1-3-7-11;1-2-3-4-5-6-7-9-8-10/h7-9,11-16H,2-6,10,17-19H2,1H3;1-9H,10,14H2;2-7H2,1H3. The van der Waals surface area contributed by atoms with Crippen molar-refractivity contribution in [1.82, 2.24) is 0 Å². The number of anilines is 1. The van der Waals surface area contributed by atoms with Gasteiger partial charge in [0.1, 0.15) is 5.78 Å². The second-order valence-corrected chi connectivity index (χ2v) is 12.4. The minimum atomic E-state index is 0.381. The summed E-state index contributed by atoms with van der Waals surface area (Å²) in [6, 6.07) is 37.2. The largest absolute Gasteiger partial charge is 0.398 e. The number of nitrogen functional groups attached to an aromatic ring is 1. The maximum absolute atomic E-state index is 12.3. The van der Waals surface area contributed by atoms with Crippen molar-refractivity contribution < 1.29 is 9.59 Å². The van der Waals surface area contributed by atoms with E-state index < -0.39 is 0 Å². The van der Waals surface area contributed by atoms with Crippen LogP contribution in [-0.4, -0.2) is 18.4 Å². The van der Waals surface area contributed by atoms with E-state index in [0.29, 0.717) is 18.7 Å². The number of hydrogen-bond acceptors (Lipinski definition) is 4. The molecular weight excluding hydrogens is 588 g/mol. The fraction of sp³-hybridized carbons (Fsp3) is 0.409. The van der Waals surface area contributed by atoms with Gasteiger partial charge in [0.25, 0.3) is 0 Å². The molecular formula is C44H58N2O2. The minimum absolute atomic E-state index is 0.381. The number of nitrogens with two attached hydrogens (primary N) is 1. The van der Waals surface area contributed by atoms with Crippen molar-refractivity contribution in [3.05, 3.63) is 137 Å². The number of hydrogen-bond donors (Lipinski definition) is 1. The molecule has 4 aromatic rings. The number of benzene rings is 4. The summed E-state index contributed by atoms with van der Waals surface area (Å²) in [5.41, 5.74) is 13.0. The first kappa shape index (κ1) is 39.9. The average molecular weight is 647 g/mol. The number of para-hydroxylation sites is 1. The molecule has 0 fully saturated rings. The third-order valence-electron chi connectivity index (χ3n) is 8.28. The van der Waals surface area contributed by atoms with Crippen molar-refractivity contribution in [2.75, 3.05) is 12.3 Å². The lowest BCUT2D eigenvalue weighted by molar-refractivity contribution is -0.118. The molecule has 48 heavy (non-hydrogen) atoms. The summed E-state index contributed by atoms with van der Waals surface area (Å²) in [5, 5.41) is 0. The van der Waals surface area contributed by atoms with Gasteiger partial charge in [-0.25, -0.2) is 9.79 Å². The van der Waals surface area contributed by atoms with Crippen molar-refractivity contribution >= 4 is 17.6 Å². The smallest absolute Gasteiger partial charge is 0.234 e. The van der Waals surface area contributed by atoms with Crippen LogP contribution < -0.4 is 5.73 Å². The lowest BCUT2D eigenvalue weighted by atomic mass is 9.95. The molecule has 0 aromatic heterocycles. The molecule has 4 aromatic carbocycles. The number of carbonyl (C=O) groups is 1. The Hall–Kier alpha value is -4.27. The topological polar surface area (TPSA) is 72.5 Å². The van der Waals surface area contributed by atoms with Gasteiger partial charge in [-0.1, -0.05) is 175 Å². The molecule has 4 nitrogen and oxygen atoms in total. The van der Waals surface area contributed by atoms with Gasteiger partial charge in [0.05, 0.1) is 6.54 Å². The highest BCUT2D eigenvalue weighted by molar-refractivity contribution is 5.81. The molecule has 2 N–H and O–H groups in total. The molecule has 0 saturated carbocycles. The Morgan fingerprint density at radius 1 is 0.562 bits per heavy atom. The lowest BCUT2D eigenvalue weighted by Crippen LogP contribution is -2.05. The Morgan fingerprint density at radius 3 is 1.58 bits per heavy atom. The van der Waals surface area contributed by atoms with E-state index in [1.165, 1.54) is 91.7 Å². The number of nitrogens with zero attached hydrogens (tertiary/aromatic N) is 1. The van der Waals surface area contributed by atoms with Crippen LogP contribution >= 0.6 is 0 Å².